The molecule has 0 radical (unpaired) electrons. The Hall–Kier alpha value is -1.46. The van der Waals surface area contributed by atoms with E-state index in [1.807, 2.05) is 0 Å². The van der Waals surface area contributed by atoms with E-state index in [4.69, 9.17) is 0 Å². The average molecular weight is 266 g/mol. The Morgan fingerprint density at radius 3 is 2.58 bits per heavy atom. The van der Waals surface area contributed by atoms with Gasteiger partial charge in [-0.2, -0.15) is 0 Å². The van der Waals surface area contributed by atoms with Crippen LogP contribution in [0.3, 0.4) is 0 Å². The average Bonchev–Trinajstić information content (AvgIpc) is 2.78. The zero-order valence-electron chi connectivity index (χ0n) is 11.9. The third kappa shape index (κ3) is 2.77. The number of hydrogen-bond donors (Lipinski definition) is 1. The molecule has 6 nitrogen and oxygen atoms in total. The number of rotatable bonds is 4. The van der Waals surface area contributed by atoms with Crippen molar-refractivity contribution in [2.24, 2.45) is 5.41 Å². The Morgan fingerprint density at radius 2 is 2.00 bits per heavy atom. The molecule has 0 spiro atoms. The van der Waals surface area contributed by atoms with E-state index in [0.29, 0.717) is 6.54 Å². The topological polar surface area (TPSA) is 80.9 Å². The second-order valence-corrected chi connectivity index (χ2v) is 6.47. The van der Waals surface area contributed by atoms with Gasteiger partial charge >= 0.3 is 5.97 Å². The first kappa shape index (κ1) is 14.0. The normalized spacial score (nSPS) is 19.3. The molecule has 0 atom stereocenters. The Kier molecular flexibility index (Phi) is 3.60. The summed E-state index contributed by atoms with van der Waals surface area (Å²) < 4.78 is 1.68. The molecule has 19 heavy (non-hydrogen) atoms. The highest BCUT2D eigenvalue weighted by Crippen LogP contribution is 2.38. The molecular weight excluding hydrogens is 244 g/mol. The van der Waals surface area contributed by atoms with Gasteiger partial charge in [0.15, 0.2) is 5.82 Å². The molecule has 6 heteroatoms. The van der Waals surface area contributed by atoms with E-state index in [1.54, 1.807) is 18.5 Å². The highest BCUT2D eigenvalue weighted by Gasteiger charge is 2.36. The Balaban J connectivity index is 2.25. The first-order chi connectivity index (χ1) is 8.85. The molecule has 0 bridgehead atoms. The molecule has 2 rings (SSSR count). The minimum Gasteiger partial charge on any atom is -0.481 e. The number of aliphatic carboxylic acids is 1. The number of aromatic nitrogens is 4. The first-order valence-electron chi connectivity index (χ1n) is 6.85. The van der Waals surface area contributed by atoms with Gasteiger partial charge in [0.25, 0.3) is 0 Å². The molecule has 0 aromatic carbocycles. The summed E-state index contributed by atoms with van der Waals surface area (Å²) in [5.74, 6) is 0.00396. The van der Waals surface area contributed by atoms with E-state index in [0.717, 1.165) is 18.7 Å². The standard InChI is InChI=1S/C13H22N4O2/c1-12(2,11(18)19)9-17-10(14-15-16-17)13(3)7-5-4-6-8-13/h4-9H2,1-3H3,(H,18,19). The zero-order valence-corrected chi connectivity index (χ0v) is 11.9. The molecule has 0 unspecified atom stereocenters. The minimum atomic E-state index is -0.866. The molecule has 1 aliphatic carbocycles. The van der Waals surface area contributed by atoms with Gasteiger partial charge in [0.2, 0.25) is 0 Å². The molecule has 1 fully saturated rings. The summed E-state index contributed by atoms with van der Waals surface area (Å²) in [6, 6.07) is 0. The van der Waals surface area contributed by atoms with Crippen molar-refractivity contribution in [3.05, 3.63) is 5.82 Å². The number of carboxylic acid groups (broad SMARTS) is 1. The maximum atomic E-state index is 11.2. The van der Waals surface area contributed by atoms with Gasteiger partial charge in [0.05, 0.1) is 12.0 Å². The smallest absolute Gasteiger partial charge is 0.310 e. The van der Waals surface area contributed by atoms with Crippen LogP contribution in [0.5, 0.6) is 0 Å². The lowest BCUT2D eigenvalue weighted by molar-refractivity contribution is -0.147. The van der Waals surface area contributed by atoms with Gasteiger partial charge in [-0.1, -0.05) is 26.2 Å². The Morgan fingerprint density at radius 1 is 1.37 bits per heavy atom. The second-order valence-electron chi connectivity index (χ2n) is 6.47. The molecule has 1 aromatic rings. The van der Waals surface area contributed by atoms with Crippen LogP contribution in [0.2, 0.25) is 0 Å². The summed E-state index contributed by atoms with van der Waals surface area (Å²) in [5.41, 5.74) is -0.883. The van der Waals surface area contributed by atoms with Gasteiger partial charge in [-0.05, 0) is 37.1 Å². The van der Waals surface area contributed by atoms with E-state index in [1.165, 1.54) is 19.3 Å². The number of nitrogens with zero attached hydrogens (tertiary/aromatic N) is 4. The van der Waals surface area contributed by atoms with Crippen molar-refractivity contribution in [3.8, 4) is 0 Å². The molecule has 0 aliphatic heterocycles. The third-order valence-corrected chi connectivity index (χ3v) is 4.15. The van der Waals surface area contributed by atoms with Crippen molar-refractivity contribution >= 4 is 5.97 Å². The number of hydrogen-bond acceptors (Lipinski definition) is 4. The van der Waals surface area contributed by atoms with Crippen molar-refractivity contribution in [1.29, 1.82) is 0 Å². The Bertz CT molecular complexity index is 461. The SMILES string of the molecule is CC(C)(Cn1nnnc1C1(C)CCCCC1)C(=O)O. The van der Waals surface area contributed by atoms with Crippen LogP contribution in [0.1, 0.15) is 58.7 Å². The largest absolute Gasteiger partial charge is 0.481 e. The van der Waals surface area contributed by atoms with Crippen LogP contribution in [0.15, 0.2) is 0 Å². The van der Waals surface area contributed by atoms with Crippen LogP contribution in [0, 0.1) is 5.41 Å². The lowest BCUT2D eigenvalue weighted by atomic mass is 9.75. The van der Waals surface area contributed by atoms with E-state index in [9.17, 15) is 9.90 Å². The van der Waals surface area contributed by atoms with Gasteiger partial charge in [-0.3, -0.25) is 4.79 Å². The van der Waals surface area contributed by atoms with Gasteiger partial charge in [-0.25, -0.2) is 4.68 Å². The summed E-state index contributed by atoms with van der Waals surface area (Å²) >= 11 is 0. The Labute approximate surface area is 113 Å². The highest BCUT2D eigenvalue weighted by molar-refractivity contribution is 5.73. The maximum absolute atomic E-state index is 11.2. The zero-order chi connectivity index (χ0) is 14.1. The highest BCUT2D eigenvalue weighted by atomic mass is 16.4. The van der Waals surface area contributed by atoms with Crippen LogP contribution >= 0.6 is 0 Å². The van der Waals surface area contributed by atoms with Gasteiger partial charge in [0, 0.05) is 5.41 Å². The fourth-order valence-corrected chi connectivity index (χ4v) is 2.74. The maximum Gasteiger partial charge on any atom is 0.310 e. The van der Waals surface area contributed by atoms with Crippen LogP contribution in [-0.2, 0) is 16.8 Å². The lowest BCUT2D eigenvalue weighted by Gasteiger charge is -2.32. The van der Waals surface area contributed by atoms with Crippen molar-refractivity contribution in [1.82, 2.24) is 20.2 Å². The van der Waals surface area contributed by atoms with Crippen molar-refractivity contribution in [2.45, 2.75) is 64.8 Å². The van der Waals surface area contributed by atoms with Crippen LogP contribution in [0.4, 0.5) is 0 Å². The monoisotopic (exact) mass is 266 g/mol. The van der Waals surface area contributed by atoms with Crippen molar-refractivity contribution < 1.29 is 9.90 Å². The quantitative estimate of drug-likeness (QED) is 0.901. The fraction of sp³-hybridized carbons (Fsp3) is 0.846. The molecule has 1 aliphatic rings. The van der Waals surface area contributed by atoms with Gasteiger partial charge in [-0.15, -0.1) is 5.10 Å². The molecule has 1 saturated carbocycles. The van der Waals surface area contributed by atoms with Crippen molar-refractivity contribution in [3.63, 3.8) is 0 Å². The summed E-state index contributed by atoms with van der Waals surface area (Å²) in [6.07, 6.45) is 5.77. The third-order valence-electron chi connectivity index (χ3n) is 4.15. The predicted octanol–water partition coefficient (Wildman–Crippen LogP) is 2.01. The molecule has 106 valence electrons. The summed E-state index contributed by atoms with van der Waals surface area (Å²) in [7, 11) is 0. The van der Waals surface area contributed by atoms with Crippen LogP contribution in [0.25, 0.3) is 0 Å². The summed E-state index contributed by atoms with van der Waals surface area (Å²) in [6.45, 7) is 5.89. The fourth-order valence-electron chi connectivity index (χ4n) is 2.74. The van der Waals surface area contributed by atoms with Gasteiger partial charge < -0.3 is 5.11 Å². The van der Waals surface area contributed by atoms with E-state index in [-0.39, 0.29) is 5.41 Å². The van der Waals surface area contributed by atoms with Crippen LogP contribution < -0.4 is 0 Å². The predicted molar refractivity (Wildman–Crippen MR) is 69.7 cm³/mol. The lowest BCUT2D eigenvalue weighted by Crippen LogP contribution is -2.35. The van der Waals surface area contributed by atoms with Crippen LogP contribution in [-0.4, -0.2) is 31.3 Å². The van der Waals surface area contributed by atoms with E-state index >= 15 is 0 Å². The number of carbonyl (C=O) groups is 1. The second kappa shape index (κ2) is 4.90. The number of carboxylic acids is 1. The molecule has 0 amide bonds. The molecule has 0 saturated heterocycles. The van der Waals surface area contributed by atoms with Crippen molar-refractivity contribution in [2.75, 3.05) is 0 Å². The summed E-state index contributed by atoms with van der Waals surface area (Å²) in [4.78, 5) is 11.2. The molecular formula is C13H22N4O2. The van der Waals surface area contributed by atoms with Gasteiger partial charge in [0.1, 0.15) is 0 Å². The van der Waals surface area contributed by atoms with E-state index < -0.39 is 11.4 Å². The van der Waals surface area contributed by atoms with E-state index in [2.05, 4.69) is 22.4 Å². The molecule has 1 aromatic heterocycles. The minimum absolute atomic E-state index is 0.0175. The number of tetrazole rings is 1. The molecule has 1 heterocycles. The summed E-state index contributed by atoms with van der Waals surface area (Å²) in [5, 5.41) is 21.1. The first-order valence-corrected chi connectivity index (χ1v) is 6.85. The molecule has 1 N–H and O–H groups in total.